The van der Waals surface area contributed by atoms with E-state index in [1.165, 1.54) is 0 Å². The Morgan fingerprint density at radius 1 is 1.35 bits per heavy atom. The van der Waals surface area contributed by atoms with Crippen LogP contribution in [0.3, 0.4) is 0 Å². The predicted octanol–water partition coefficient (Wildman–Crippen LogP) is 3.26. The van der Waals surface area contributed by atoms with Gasteiger partial charge in [0.2, 0.25) is 0 Å². The van der Waals surface area contributed by atoms with Crippen LogP contribution in [0.2, 0.25) is 10.0 Å². The third kappa shape index (κ3) is 4.75. The van der Waals surface area contributed by atoms with Crippen molar-refractivity contribution >= 4 is 29.1 Å². The van der Waals surface area contributed by atoms with E-state index in [1.54, 1.807) is 23.0 Å². The van der Waals surface area contributed by atoms with Crippen LogP contribution in [0.4, 0.5) is 0 Å². The molecule has 0 atom stereocenters. The van der Waals surface area contributed by atoms with E-state index >= 15 is 0 Å². The van der Waals surface area contributed by atoms with Crippen molar-refractivity contribution in [2.45, 2.75) is 44.7 Å². The lowest BCUT2D eigenvalue weighted by molar-refractivity contribution is 0.0907. The molecule has 0 aliphatic carbocycles. The van der Waals surface area contributed by atoms with Crippen LogP contribution in [-0.4, -0.2) is 39.5 Å². The molecule has 0 bridgehead atoms. The molecule has 0 spiro atoms. The van der Waals surface area contributed by atoms with Gasteiger partial charge < -0.3 is 10.6 Å². The minimum absolute atomic E-state index is 0.236. The van der Waals surface area contributed by atoms with E-state index in [1.807, 2.05) is 19.9 Å². The average molecular weight is 396 g/mol. The first kappa shape index (κ1) is 19.1. The summed E-state index contributed by atoms with van der Waals surface area (Å²) in [6, 6.07) is 5.68. The fraction of sp³-hybridized carbons (Fsp3) is 0.500. The van der Waals surface area contributed by atoms with Gasteiger partial charge in [-0.2, -0.15) is 0 Å². The van der Waals surface area contributed by atoms with E-state index in [9.17, 15) is 4.79 Å². The van der Waals surface area contributed by atoms with Crippen LogP contribution in [0.5, 0.6) is 0 Å². The summed E-state index contributed by atoms with van der Waals surface area (Å²) in [4.78, 5) is 12.6. The van der Waals surface area contributed by atoms with E-state index in [-0.39, 0.29) is 5.91 Å². The molecule has 2 aromatic rings. The zero-order valence-corrected chi connectivity index (χ0v) is 16.4. The SMILES string of the molecule is CC(C)(Cc1ccc(Cl)cc1Cl)NC(=O)c1cn(C2CCNCC2)nn1. The van der Waals surface area contributed by atoms with E-state index in [2.05, 4.69) is 20.9 Å². The molecule has 2 heterocycles. The molecule has 2 N–H and O–H groups in total. The predicted molar refractivity (Wildman–Crippen MR) is 103 cm³/mol. The second-order valence-corrected chi connectivity index (χ2v) is 8.16. The number of benzene rings is 1. The van der Waals surface area contributed by atoms with Gasteiger partial charge in [0.1, 0.15) is 0 Å². The standard InChI is InChI=1S/C18H23Cl2N5O/c1-18(2,10-12-3-4-13(19)9-15(12)20)22-17(26)16-11-25(24-23-16)14-5-7-21-8-6-14/h3-4,9,11,14,21H,5-8,10H2,1-2H3,(H,22,26). The largest absolute Gasteiger partial charge is 0.345 e. The highest BCUT2D eigenvalue weighted by atomic mass is 35.5. The van der Waals surface area contributed by atoms with Crippen LogP contribution in [-0.2, 0) is 6.42 Å². The Bertz CT molecular complexity index is 784. The van der Waals surface area contributed by atoms with Crippen LogP contribution in [0.25, 0.3) is 0 Å². The number of nitrogens with zero attached hydrogens (tertiary/aromatic N) is 3. The topological polar surface area (TPSA) is 71.8 Å². The van der Waals surface area contributed by atoms with Crippen molar-refractivity contribution in [2.24, 2.45) is 0 Å². The van der Waals surface area contributed by atoms with Crippen LogP contribution >= 0.6 is 23.2 Å². The van der Waals surface area contributed by atoms with Gasteiger partial charge in [-0.1, -0.05) is 34.5 Å². The molecule has 1 saturated heterocycles. The molecule has 1 fully saturated rings. The van der Waals surface area contributed by atoms with Gasteiger partial charge in [-0.3, -0.25) is 4.79 Å². The first-order valence-corrected chi connectivity index (χ1v) is 9.49. The number of hydrogen-bond acceptors (Lipinski definition) is 4. The second kappa shape index (κ2) is 7.94. The van der Waals surface area contributed by atoms with Gasteiger partial charge in [-0.25, -0.2) is 4.68 Å². The number of amides is 1. The van der Waals surface area contributed by atoms with Gasteiger partial charge in [0.15, 0.2) is 5.69 Å². The Balaban J connectivity index is 1.65. The molecule has 1 aliphatic heterocycles. The molecule has 0 unspecified atom stereocenters. The normalized spacial score (nSPS) is 15.8. The van der Waals surface area contributed by atoms with Crippen molar-refractivity contribution in [1.29, 1.82) is 0 Å². The van der Waals surface area contributed by atoms with E-state index < -0.39 is 5.54 Å². The fourth-order valence-electron chi connectivity index (χ4n) is 3.19. The Hall–Kier alpha value is -1.63. The zero-order valence-electron chi connectivity index (χ0n) is 14.9. The summed E-state index contributed by atoms with van der Waals surface area (Å²) in [5, 5.41) is 15.7. The molecule has 26 heavy (non-hydrogen) atoms. The zero-order chi connectivity index (χ0) is 18.7. The molecular weight excluding hydrogens is 373 g/mol. The molecule has 1 aliphatic rings. The summed E-state index contributed by atoms with van der Waals surface area (Å²) in [5.41, 5.74) is 0.770. The van der Waals surface area contributed by atoms with Crippen LogP contribution in [0.1, 0.15) is 48.8 Å². The van der Waals surface area contributed by atoms with Gasteiger partial charge in [0.25, 0.3) is 5.91 Å². The van der Waals surface area contributed by atoms with Crippen LogP contribution in [0, 0.1) is 0 Å². The molecular formula is C18H23Cl2N5O. The van der Waals surface area contributed by atoms with Gasteiger partial charge in [-0.15, -0.1) is 5.10 Å². The molecule has 140 valence electrons. The average Bonchev–Trinajstić information content (AvgIpc) is 3.08. The summed E-state index contributed by atoms with van der Waals surface area (Å²) < 4.78 is 1.80. The fourth-order valence-corrected chi connectivity index (χ4v) is 3.66. The number of aromatic nitrogens is 3. The summed E-state index contributed by atoms with van der Waals surface area (Å²) in [6.45, 7) is 5.82. The number of nitrogens with one attached hydrogen (secondary N) is 2. The lowest BCUT2D eigenvalue weighted by Crippen LogP contribution is -2.45. The summed E-state index contributed by atoms with van der Waals surface area (Å²) >= 11 is 12.2. The Labute approximate surface area is 163 Å². The Morgan fingerprint density at radius 3 is 2.77 bits per heavy atom. The van der Waals surface area contributed by atoms with Crippen molar-refractivity contribution in [3.8, 4) is 0 Å². The van der Waals surface area contributed by atoms with E-state index in [0.717, 1.165) is 31.5 Å². The summed E-state index contributed by atoms with van der Waals surface area (Å²) in [6.07, 6.45) is 4.30. The Kier molecular flexibility index (Phi) is 5.85. The molecule has 8 heteroatoms. The molecule has 1 aromatic carbocycles. The maximum atomic E-state index is 12.6. The minimum Gasteiger partial charge on any atom is -0.345 e. The third-order valence-electron chi connectivity index (χ3n) is 4.53. The second-order valence-electron chi connectivity index (χ2n) is 7.32. The van der Waals surface area contributed by atoms with Gasteiger partial charge in [0.05, 0.1) is 12.2 Å². The minimum atomic E-state index is -0.493. The lowest BCUT2D eigenvalue weighted by atomic mass is 9.94. The van der Waals surface area contributed by atoms with E-state index in [0.29, 0.717) is 28.2 Å². The van der Waals surface area contributed by atoms with Crippen molar-refractivity contribution in [3.05, 3.63) is 45.7 Å². The van der Waals surface area contributed by atoms with Gasteiger partial charge in [-0.05, 0) is 63.9 Å². The van der Waals surface area contributed by atoms with E-state index in [4.69, 9.17) is 23.2 Å². The first-order valence-electron chi connectivity index (χ1n) is 8.73. The quantitative estimate of drug-likeness (QED) is 0.814. The van der Waals surface area contributed by atoms with Gasteiger partial charge >= 0.3 is 0 Å². The summed E-state index contributed by atoms with van der Waals surface area (Å²) in [5.74, 6) is -0.236. The molecule has 1 amide bonds. The lowest BCUT2D eigenvalue weighted by Gasteiger charge is -2.26. The third-order valence-corrected chi connectivity index (χ3v) is 5.11. The smallest absolute Gasteiger partial charge is 0.273 e. The molecule has 1 aromatic heterocycles. The van der Waals surface area contributed by atoms with Crippen molar-refractivity contribution < 1.29 is 4.79 Å². The van der Waals surface area contributed by atoms with Crippen LogP contribution in [0.15, 0.2) is 24.4 Å². The highest BCUT2D eigenvalue weighted by Gasteiger charge is 2.25. The maximum Gasteiger partial charge on any atom is 0.273 e. The number of carbonyl (C=O) groups is 1. The van der Waals surface area contributed by atoms with Crippen LogP contribution < -0.4 is 10.6 Å². The number of carbonyl (C=O) groups excluding carboxylic acids is 1. The number of piperidine rings is 1. The van der Waals surface area contributed by atoms with Crippen molar-refractivity contribution in [3.63, 3.8) is 0 Å². The highest BCUT2D eigenvalue weighted by molar-refractivity contribution is 6.35. The van der Waals surface area contributed by atoms with Gasteiger partial charge in [0, 0.05) is 15.6 Å². The molecule has 0 radical (unpaired) electrons. The Morgan fingerprint density at radius 2 is 2.08 bits per heavy atom. The highest BCUT2D eigenvalue weighted by Crippen LogP contribution is 2.25. The number of halogens is 2. The maximum absolute atomic E-state index is 12.6. The van der Waals surface area contributed by atoms with Crippen molar-refractivity contribution in [1.82, 2.24) is 25.6 Å². The number of hydrogen-bond donors (Lipinski definition) is 2. The monoisotopic (exact) mass is 395 g/mol. The summed E-state index contributed by atoms with van der Waals surface area (Å²) in [7, 11) is 0. The number of rotatable bonds is 5. The molecule has 3 rings (SSSR count). The molecule has 0 saturated carbocycles. The molecule has 6 nitrogen and oxygen atoms in total. The van der Waals surface area contributed by atoms with Crippen molar-refractivity contribution in [2.75, 3.05) is 13.1 Å². The first-order chi connectivity index (χ1) is 12.3.